The van der Waals surface area contributed by atoms with Crippen molar-refractivity contribution < 1.29 is 4.79 Å². The number of benzene rings is 1. The summed E-state index contributed by atoms with van der Waals surface area (Å²) in [7, 11) is 1.52. The molecule has 0 aliphatic carbocycles. The minimum Gasteiger partial charge on any atom is -0.372 e. The molecule has 0 spiro atoms. The van der Waals surface area contributed by atoms with Crippen molar-refractivity contribution in [3.8, 4) is 6.07 Å². The molecule has 0 saturated carbocycles. The molecule has 20 heavy (non-hydrogen) atoms. The van der Waals surface area contributed by atoms with Crippen LogP contribution in [-0.4, -0.2) is 26.0 Å². The maximum Gasteiger partial charge on any atom is 0.261 e. The summed E-state index contributed by atoms with van der Waals surface area (Å²) < 4.78 is 0. The lowest BCUT2D eigenvalue weighted by molar-refractivity contribution is -0.116. The van der Waals surface area contributed by atoms with Crippen molar-refractivity contribution in [1.82, 2.24) is 5.32 Å². The predicted molar refractivity (Wildman–Crippen MR) is 80.2 cm³/mol. The molecule has 0 radical (unpaired) electrons. The number of nitrogens with zero attached hydrogens (tertiary/aromatic N) is 2. The summed E-state index contributed by atoms with van der Waals surface area (Å²) >= 11 is 0. The normalized spacial score (nSPS) is 15.6. The first-order chi connectivity index (χ1) is 9.74. The number of anilines is 1. The van der Waals surface area contributed by atoms with E-state index in [9.17, 15) is 4.79 Å². The van der Waals surface area contributed by atoms with Crippen LogP contribution >= 0.6 is 0 Å². The number of piperidine rings is 1. The minimum absolute atomic E-state index is 0.123. The van der Waals surface area contributed by atoms with Gasteiger partial charge in [0.15, 0.2) is 0 Å². The number of hydrogen-bond acceptors (Lipinski definition) is 3. The van der Waals surface area contributed by atoms with Crippen molar-refractivity contribution in [3.63, 3.8) is 0 Å². The van der Waals surface area contributed by atoms with Crippen molar-refractivity contribution >= 4 is 17.7 Å². The summed E-state index contributed by atoms with van der Waals surface area (Å²) in [5.74, 6) is -0.354. The molecule has 0 aromatic heterocycles. The van der Waals surface area contributed by atoms with Crippen LogP contribution < -0.4 is 10.2 Å². The fraction of sp³-hybridized carbons (Fsp3) is 0.375. The Morgan fingerprint density at radius 1 is 1.25 bits per heavy atom. The molecule has 1 amide bonds. The van der Waals surface area contributed by atoms with Gasteiger partial charge >= 0.3 is 0 Å². The quantitative estimate of drug-likeness (QED) is 0.677. The van der Waals surface area contributed by atoms with Crippen molar-refractivity contribution in [3.05, 3.63) is 35.4 Å². The maximum absolute atomic E-state index is 11.5. The highest BCUT2D eigenvalue weighted by molar-refractivity contribution is 6.01. The van der Waals surface area contributed by atoms with Crippen molar-refractivity contribution in [2.45, 2.75) is 19.3 Å². The number of nitrogens with one attached hydrogen (secondary N) is 1. The van der Waals surface area contributed by atoms with Gasteiger partial charge in [-0.2, -0.15) is 5.26 Å². The fourth-order valence-electron chi connectivity index (χ4n) is 2.38. The van der Waals surface area contributed by atoms with E-state index in [0.717, 1.165) is 18.7 Å². The lowest BCUT2D eigenvalue weighted by Gasteiger charge is -2.28. The Morgan fingerprint density at radius 2 is 1.90 bits per heavy atom. The molecule has 1 saturated heterocycles. The zero-order valence-corrected chi connectivity index (χ0v) is 11.7. The molecule has 1 aromatic carbocycles. The Hall–Kier alpha value is -2.28. The van der Waals surface area contributed by atoms with Gasteiger partial charge in [-0.25, -0.2) is 0 Å². The van der Waals surface area contributed by atoms with Gasteiger partial charge in [-0.15, -0.1) is 0 Å². The SMILES string of the molecule is CNC(=O)/C(C#N)=C/c1ccc(N2CCCCC2)cc1. The van der Waals surface area contributed by atoms with Gasteiger partial charge in [-0.05, 0) is 43.0 Å². The van der Waals surface area contributed by atoms with Crippen molar-refractivity contribution in [1.29, 1.82) is 5.26 Å². The first kappa shape index (κ1) is 14.1. The van der Waals surface area contributed by atoms with E-state index in [-0.39, 0.29) is 11.5 Å². The van der Waals surface area contributed by atoms with Gasteiger partial charge in [0.05, 0.1) is 0 Å². The van der Waals surface area contributed by atoms with Gasteiger partial charge < -0.3 is 10.2 Å². The van der Waals surface area contributed by atoms with Crippen molar-refractivity contribution in [2.75, 3.05) is 25.0 Å². The smallest absolute Gasteiger partial charge is 0.261 e. The first-order valence-electron chi connectivity index (χ1n) is 6.93. The van der Waals surface area contributed by atoms with E-state index in [1.165, 1.54) is 32.0 Å². The second-order valence-corrected chi connectivity index (χ2v) is 4.89. The van der Waals surface area contributed by atoms with E-state index in [4.69, 9.17) is 5.26 Å². The Bertz CT molecular complexity index is 534. The molecule has 1 aliphatic rings. The summed E-state index contributed by atoms with van der Waals surface area (Å²) in [6.07, 6.45) is 5.42. The zero-order chi connectivity index (χ0) is 14.4. The van der Waals surface area contributed by atoms with Crippen LogP contribution in [0.1, 0.15) is 24.8 Å². The van der Waals surface area contributed by atoms with Crippen molar-refractivity contribution in [2.24, 2.45) is 0 Å². The topological polar surface area (TPSA) is 56.1 Å². The maximum atomic E-state index is 11.5. The third kappa shape index (κ3) is 3.39. The summed E-state index contributed by atoms with van der Waals surface area (Å²) in [4.78, 5) is 13.8. The Balaban J connectivity index is 2.13. The van der Waals surface area contributed by atoms with Crippen LogP contribution in [0.15, 0.2) is 29.8 Å². The molecule has 2 rings (SSSR count). The average Bonchev–Trinajstić information content (AvgIpc) is 2.53. The minimum atomic E-state index is -0.354. The average molecular weight is 269 g/mol. The lowest BCUT2D eigenvalue weighted by atomic mass is 10.1. The molecular formula is C16H19N3O. The molecular weight excluding hydrogens is 250 g/mol. The van der Waals surface area contributed by atoms with Gasteiger partial charge in [0.25, 0.3) is 5.91 Å². The Kier molecular flexibility index (Phi) is 4.78. The molecule has 4 nitrogen and oxygen atoms in total. The molecule has 104 valence electrons. The molecule has 1 N–H and O–H groups in total. The molecule has 1 heterocycles. The number of nitriles is 1. The van der Waals surface area contributed by atoms with Gasteiger partial charge in [0, 0.05) is 25.8 Å². The largest absolute Gasteiger partial charge is 0.372 e. The Morgan fingerprint density at radius 3 is 2.45 bits per heavy atom. The van der Waals surface area contributed by atoms with E-state index in [2.05, 4.69) is 22.3 Å². The second kappa shape index (κ2) is 6.76. The number of carbonyl (C=O) groups is 1. The van der Waals surface area contributed by atoms with Crippen LogP contribution in [0.2, 0.25) is 0 Å². The van der Waals surface area contributed by atoms with Gasteiger partial charge in [-0.3, -0.25) is 4.79 Å². The van der Waals surface area contributed by atoms with E-state index < -0.39 is 0 Å². The summed E-state index contributed by atoms with van der Waals surface area (Å²) in [6.45, 7) is 2.22. The van der Waals surface area contributed by atoms with Crippen LogP contribution in [0.25, 0.3) is 6.08 Å². The number of likely N-dealkylation sites (N-methyl/N-ethyl adjacent to an activating group) is 1. The molecule has 0 unspecified atom stereocenters. The number of amides is 1. The van der Waals surface area contributed by atoms with E-state index >= 15 is 0 Å². The van der Waals surface area contributed by atoms with Crippen LogP contribution in [0.4, 0.5) is 5.69 Å². The highest BCUT2D eigenvalue weighted by Crippen LogP contribution is 2.21. The van der Waals surface area contributed by atoms with Gasteiger partial charge in [0.1, 0.15) is 11.6 Å². The number of rotatable bonds is 3. The number of hydrogen-bond donors (Lipinski definition) is 1. The predicted octanol–water partition coefficient (Wildman–Crippen LogP) is 2.33. The van der Waals surface area contributed by atoms with Crippen LogP contribution in [0.5, 0.6) is 0 Å². The second-order valence-electron chi connectivity index (χ2n) is 4.89. The molecule has 1 fully saturated rings. The van der Waals surface area contributed by atoms with E-state index in [1.54, 1.807) is 6.08 Å². The monoisotopic (exact) mass is 269 g/mol. The fourth-order valence-corrected chi connectivity index (χ4v) is 2.38. The van der Waals surface area contributed by atoms with Crippen LogP contribution in [0.3, 0.4) is 0 Å². The third-order valence-electron chi connectivity index (χ3n) is 3.52. The lowest BCUT2D eigenvalue weighted by Crippen LogP contribution is -2.29. The standard InChI is InChI=1S/C16H19N3O/c1-18-16(20)14(12-17)11-13-5-7-15(8-6-13)19-9-3-2-4-10-19/h5-8,11H,2-4,9-10H2,1H3,(H,18,20)/b14-11+. The van der Waals surface area contributed by atoms with Crippen LogP contribution in [0, 0.1) is 11.3 Å². The first-order valence-corrected chi connectivity index (χ1v) is 6.93. The van der Waals surface area contributed by atoms with E-state index in [1.807, 2.05) is 18.2 Å². The highest BCUT2D eigenvalue weighted by atomic mass is 16.1. The summed E-state index contributed by atoms with van der Waals surface area (Å²) in [5, 5.41) is 11.4. The van der Waals surface area contributed by atoms with Gasteiger partial charge in [0.2, 0.25) is 0 Å². The summed E-state index contributed by atoms with van der Waals surface area (Å²) in [5.41, 5.74) is 2.20. The van der Waals surface area contributed by atoms with E-state index in [0.29, 0.717) is 0 Å². The molecule has 1 aromatic rings. The van der Waals surface area contributed by atoms with Crippen LogP contribution in [-0.2, 0) is 4.79 Å². The number of carbonyl (C=O) groups excluding carboxylic acids is 1. The molecule has 0 bridgehead atoms. The van der Waals surface area contributed by atoms with Gasteiger partial charge in [-0.1, -0.05) is 12.1 Å². The zero-order valence-electron chi connectivity index (χ0n) is 11.7. The Labute approximate surface area is 119 Å². The highest BCUT2D eigenvalue weighted by Gasteiger charge is 2.10. The summed E-state index contributed by atoms with van der Waals surface area (Å²) in [6, 6.07) is 9.92. The molecule has 1 aliphatic heterocycles. The molecule has 0 atom stereocenters. The third-order valence-corrected chi connectivity index (χ3v) is 3.52. The molecule has 4 heteroatoms.